The van der Waals surface area contributed by atoms with Crippen LogP contribution < -0.4 is 5.73 Å². The molecule has 0 fully saturated rings. The molecule has 5 nitrogen and oxygen atoms in total. The molecule has 0 aliphatic rings. The molecular weight excluding hydrogens is 237 g/mol. The highest BCUT2D eigenvalue weighted by Crippen LogP contribution is 2.06. The van der Waals surface area contributed by atoms with Crippen LogP contribution in [-0.4, -0.2) is 15.9 Å². The standard InChI is InChI=1S/C12H10FN3O2/c13-9-3-8(4-15-5-9)7-18-12(17)11-2-1-10(14)6-16-11/h1-6H,7,14H2. The lowest BCUT2D eigenvalue weighted by Crippen LogP contribution is -2.07. The van der Waals surface area contributed by atoms with Gasteiger partial charge in [0.2, 0.25) is 0 Å². The number of nitrogens with two attached hydrogens (primary N) is 1. The van der Waals surface area contributed by atoms with Crippen LogP contribution in [0.4, 0.5) is 10.1 Å². The van der Waals surface area contributed by atoms with Crippen LogP contribution >= 0.6 is 0 Å². The van der Waals surface area contributed by atoms with E-state index in [1.54, 1.807) is 6.07 Å². The van der Waals surface area contributed by atoms with Gasteiger partial charge in [-0.05, 0) is 18.2 Å². The number of hydrogen-bond acceptors (Lipinski definition) is 5. The highest BCUT2D eigenvalue weighted by atomic mass is 19.1. The highest BCUT2D eigenvalue weighted by Gasteiger charge is 2.08. The summed E-state index contributed by atoms with van der Waals surface area (Å²) in [5, 5.41) is 0. The van der Waals surface area contributed by atoms with E-state index in [1.807, 2.05) is 0 Å². The fourth-order valence-corrected chi connectivity index (χ4v) is 1.28. The third-order valence-corrected chi connectivity index (χ3v) is 2.13. The number of halogens is 1. The molecule has 0 atom stereocenters. The molecule has 92 valence electrons. The molecule has 0 aromatic carbocycles. The normalized spacial score (nSPS) is 10.1. The first-order valence-corrected chi connectivity index (χ1v) is 5.13. The number of nitrogen functional groups attached to an aromatic ring is 1. The van der Waals surface area contributed by atoms with Crippen molar-refractivity contribution in [1.29, 1.82) is 0 Å². The fourth-order valence-electron chi connectivity index (χ4n) is 1.28. The van der Waals surface area contributed by atoms with Gasteiger partial charge in [-0.15, -0.1) is 0 Å². The van der Waals surface area contributed by atoms with Crippen molar-refractivity contribution in [2.45, 2.75) is 6.61 Å². The second-order valence-corrected chi connectivity index (χ2v) is 3.56. The van der Waals surface area contributed by atoms with Gasteiger partial charge in [-0.25, -0.2) is 14.2 Å². The monoisotopic (exact) mass is 247 g/mol. The van der Waals surface area contributed by atoms with Gasteiger partial charge in [-0.3, -0.25) is 4.98 Å². The topological polar surface area (TPSA) is 78.1 Å². The van der Waals surface area contributed by atoms with Crippen molar-refractivity contribution >= 4 is 11.7 Å². The predicted octanol–water partition coefficient (Wildman–Crippen LogP) is 1.55. The molecule has 2 aromatic heterocycles. The molecule has 0 radical (unpaired) electrons. The number of esters is 1. The van der Waals surface area contributed by atoms with Gasteiger partial charge >= 0.3 is 5.97 Å². The van der Waals surface area contributed by atoms with Crippen LogP contribution in [0.1, 0.15) is 16.1 Å². The maximum Gasteiger partial charge on any atom is 0.357 e. The van der Waals surface area contributed by atoms with Crippen molar-refractivity contribution in [2.75, 3.05) is 5.73 Å². The Bertz CT molecular complexity index is 558. The van der Waals surface area contributed by atoms with Crippen LogP contribution in [0, 0.1) is 5.82 Å². The average Bonchev–Trinajstić information content (AvgIpc) is 2.37. The van der Waals surface area contributed by atoms with E-state index >= 15 is 0 Å². The highest BCUT2D eigenvalue weighted by molar-refractivity contribution is 5.87. The van der Waals surface area contributed by atoms with E-state index in [0.717, 1.165) is 6.20 Å². The number of aromatic nitrogens is 2. The number of hydrogen-bond donors (Lipinski definition) is 1. The predicted molar refractivity (Wildman–Crippen MR) is 62.0 cm³/mol. The summed E-state index contributed by atoms with van der Waals surface area (Å²) < 4.78 is 17.8. The van der Waals surface area contributed by atoms with Crippen molar-refractivity contribution in [3.05, 3.63) is 53.9 Å². The lowest BCUT2D eigenvalue weighted by atomic mass is 10.3. The molecule has 0 amide bonds. The van der Waals surface area contributed by atoms with Crippen LogP contribution in [0.3, 0.4) is 0 Å². The molecule has 0 unspecified atom stereocenters. The Morgan fingerprint density at radius 1 is 1.33 bits per heavy atom. The Kier molecular flexibility index (Phi) is 3.47. The van der Waals surface area contributed by atoms with Crippen molar-refractivity contribution < 1.29 is 13.9 Å². The van der Waals surface area contributed by atoms with E-state index in [-0.39, 0.29) is 12.3 Å². The van der Waals surface area contributed by atoms with Gasteiger partial charge in [0.1, 0.15) is 18.1 Å². The molecule has 2 heterocycles. The number of carbonyl (C=O) groups excluding carboxylic acids is 1. The molecule has 0 saturated heterocycles. The Morgan fingerprint density at radius 3 is 2.83 bits per heavy atom. The summed E-state index contributed by atoms with van der Waals surface area (Å²) in [6.45, 7) is -0.0599. The SMILES string of the molecule is Nc1ccc(C(=O)OCc2cncc(F)c2)nc1. The maximum absolute atomic E-state index is 12.8. The number of pyridine rings is 2. The van der Waals surface area contributed by atoms with Gasteiger partial charge in [0, 0.05) is 11.8 Å². The Hall–Kier alpha value is -2.50. The van der Waals surface area contributed by atoms with E-state index in [0.29, 0.717) is 11.3 Å². The van der Waals surface area contributed by atoms with Crippen molar-refractivity contribution in [1.82, 2.24) is 9.97 Å². The molecule has 2 aromatic rings. The first-order chi connectivity index (χ1) is 8.65. The van der Waals surface area contributed by atoms with Crippen molar-refractivity contribution in [3.8, 4) is 0 Å². The third-order valence-electron chi connectivity index (χ3n) is 2.13. The van der Waals surface area contributed by atoms with E-state index in [4.69, 9.17) is 10.5 Å². The van der Waals surface area contributed by atoms with Crippen molar-refractivity contribution in [2.24, 2.45) is 0 Å². The second-order valence-electron chi connectivity index (χ2n) is 3.56. The summed E-state index contributed by atoms with van der Waals surface area (Å²) in [5.74, 6) is -1.08. The van der Waals surface area contributed by atoms with Gasteiger partial charge in [-0.1, -0.05) is 0 Å². The molecule has 2 rings (SSSR count). The molecule has 0 saturated carbocycles. The number of anilines is 1. The van der Waals surface area contributed by atoms with E-state index < -0.39 is 11.8 Å². The van der Waals surface area contributed by atoms with Gasteiger partial charge in [0.25, 0.3) is 0 Å². The lowest BCUT2D eigenvalue weighted by molar-refractivity contribution is 0.0465. The molecule has 2 N–H and O–H groups in total. The zero-order valence-corrected chi connectivity index (χ0v) is 9.34. The molecule has 0 spiro atoms. The second kappa shape index (κ2) is 5.22. The van der Waals surface area contributed by atoms with Gasteiger partial charge in [-0.2, -0.15) is 0 Å². The summed E-state index contributed by atoms with van der Waals surface area (Å²) in [7, 11) is 0. The first kappa shape index (κ1) is 12.0. The number of ether oxygens (including phenoxy) is 1. The van der Waals surface area contributed by atoms with Crippen LogP contribution in [-0.2, 0) is 11.3 Å². The quantitative estimate of drug-likeness (QED) is 0.832. The van der Waals surface area contributed by atoms with Gasteiger partial charge < -0.3 is 10.5 Å². The molecular formula is C12H10FN3O2. The van der Waals surface area contributed by atoms with Crippen LogP contribution in [0.15, 0.2) is 36.8 Å². The third kappa shape index (κ3) is 3.00. The maximum atomic E-state index is 12.8. The van der Waals surface area contributed by atoms with Gasteiger partial charge in [0.15, 0.2) is 0 Å². The van der Waals surface area contributed by atoms with Crippen LogP contribution in [0.2, 0.25) is 0 Å². The minimum atomic E-state index is -0.598. The first-order valence-electron chi connectivity index (χ1n) is 5.13. The summed E-state index contributed by atoms with van der Waals surface area (Å²) in [6.07, 6.45) is 3.86. The summed E-state index contributed by atoms with van der Waals surface area (Å²) in [6, 6.07) is 4.26. The van der Waals surface area contributed by atoms with E-state index in [1.165, 1.54) is 24.5 Å². The van der Waals surface area contributed by atoms with E-state index in [2.05, 4.69) is 9.97 Å². The lowest BCUT2D eigenvalue weighted by Gasteiger charge is -2.04. The van der Waals surface area contributed by atoms with E-state index in [9.17, 15) is 9.18 Å². The Labute approximate surface area is 102 Å². The molecule has 0 bridgehead atoms. The Morgan fingerprint density at radius 2 is 2.17 bits per heavy atom. The van der Waals surface area contributed by atoms with Crippen LogP contribution in [0.5, 0.6) is 0 Å². The zero-order chi connectivity index (χ0) is 13.0. The summed E-state index contributed by atoms with van der Waals surface area (Å²) >= 11 is 0. The fraction of sp³-hybridized carbons (Fsp3) is 0.0833. The summed E-state index contributed by atoms with van der Waals surface area (Å²) in [5.41, 5.74) is 6.52. The molecule has 0 aliphatic heterocycles. The zero-order valence-electron chi connectivity index (χ0n) is 9.34. The Balaban J connectivity index is 1.98. The smallest absolute Gasteiger partial charge is 0.357 e. The van der Waals surface area contributed by atoms with Crippen LogP contribution in [0.25, 0.3) is 0 Å². The molecule has 0 aliphatic carbocycles. The average molecular weight is 247 g/mol. The minimum absolute atomic E-state index is 0.0599. The minimum Gasteiger partial charge on any atom is -0.456 e. The number of nitrogens with zero attached hydrogens (tertiary/aromatic N) is 2. The molecule has 6 heteroatoms. The number of rotatable bonds is 3. The molecule has 18 heavy (non-hydrogen) atoms. The number of carbonyl (C=O) groups is 1. The largest absolute Gasteiger partial charge is 0.456 e. The van der Waals surface area contributed by atoms with Gasteiger partial charge in [0.05, 0.1) is 18.1 Å². The summed E-state index contributed by atoms with van der Waals surface area (Å²) in [4.78, 5) is 19.0. The van der Waals surface area contributed by atoms with Crippen molar-refractivity contribution in [3.63, 3.8) is 0 Å².